The topological polar surface area (TPSA) is 66.4 Å². The van der Waals surface area contributed by atoms with Gasteiger partial charge in [0.25, 0.3) is 0 Å². The van der Waals surface area contributed by atoms with Crippen molar-refractivity contribution in [2.75, 3.05) is 6.54 Å². The Morgan fingerprint density at radius 2 is 1.75 bits per heavy atom. The van der Waals surface area contributed by atoms with Crippen LogP contribution in [-0.4, -0.2) is 23.5 Å². The monoisotopic (exact) mass is 229 g/mol. The Labute approximate surface area is 97.4 Å². The summed E-state index contributed by atoms with van der Waals surface area (Å²) in [5.41, 5.74) is 0. The van der Waals surface area contributed by atoms with E-state index in [9.17, 15) is 9.59 Å². The Morgan fingerprint density at radius 1 is 1.19 bits per heavy atom. The van der Waals surface area contributed by atoms with E-state index in [-0.39, 0.29) is 24.2 Å². The minimum absolute atomic E-state index is 0.0194. The van der Waals surface area contributed by atoms with Crippen molar-refractivity contribution in [3.8, 4) is 0 Å². The second-order valence-corrected chi connectivity index (χ2v) is 4.98. The van der Waals surface area contributed by atoms with E-state index in [0.29, 0.717) is 18.9 Å². The van der Waals surface area contributed by atoms with Gasteiger partial charge in [0.1, 0.15) is 0 Å². The van der Waals surface area contributed by atoms with Gasteiger partial charge in [-0.15, -0.1) is 0 Å². The summed E-state index contributed by atoms with van der Waals surface area (Å²) >= 11 is 0. The summed E-state index contributed by atoms with van der Waals surface area (Å²) in [6, 6.07) is 0. The van der Waals surface area contributed by atoms with Crippen LogP contribution in [0.15, 0.2) is 0 Å². The fourth-order valence-corrected chi connectivity index (χ4v) is 1.57. The highest BCUT2D eigenvalue weighted by Gasteiger charge is 2.17. The van der Waals surface area contributed by atoms with Crippen molar-refractivity contribution in [1.82, 2.24) is 5.32 Å². The van der Waals surface area contributed by atoms with E-state index in [4.69, 9.17) is 5.11 Å². The van der Waals surface area contributed by atoms with Crippen LogP contribution in [0.2, 0.25) is 0 Å². The van der Waals surface area contributed by atoms with Crippen LogP contribution in [0, 0.1) is 17.8 Å². The fourth-order valence-electron chi connectivity index (χ4n) is 1.57. The third kappa shape index (κ3) is 7.26. The summed E-state index contributed by atoms with van der Waals surface area (Å²) in [4.78, 5) is 22.1. The molecule has 0 rings (SSSR count). The summed E-state index contributed by atoms with van der Waals surface area (Å²) < 4.78 is 0. The van der Waals surface area contributed by atoms with Gasteiger partial charge in [0.15, 0.2) is 0 Å². The molecule has 0 saturated heterocycles. The van der Waals surface area contributed by atoms with Crippen LogP contribution in [0.4, 0.5) is 0 Å². The summed E-state index contributed by atoms with van der Waals surface area (Å²) in [6.45, 7) is 8.46. The van der Waals surface area contributed by atoms with Gasteiger partial charge in [0.05, 0.1) is 0 Å². The molecular weight excluding hydrogens is 206 g/mol. The van der Waals surface area contributed by atoms with Crippen molar-refractivity contribution in [2.24, 2.45) is 17.8 Å². The van der Waals surface area contributed by atoms with E-state index in [1.807, 2.05) is 27.7 Å². The molecule has 0 spiro atoms. The quantitative estimate of drug-likeness (QED) is 0.700. The summed E-state index contributed by atoms with van der Waals surface area (Å²) in [7, 11) is 0. The second kappa shape index (κ2) is 7.25. The summed E-state index contributed by atoms with van der Waals surface area (Å²) in [5.74, 6) is -0.425. The molecular formula is C12H23NO3. The molecule has 0 aliphatic heterocycles. The first kappa shape index (κ1) is 14.9. The molecule has 4 nitrogen and oxygen atoms in total. The fraction of sp³-hybridized carbons (Fsp3) is 0.833. The van der Waals surface area contributed by atoms with E-state index in [2.05, 4.69) is 5.32 Å². The molecule has 4 heteroatoms. The largest absolute Gasteiger partial charge is 0.481 e. The van der Waals surface area contributed by atoms with Crippen molar-refractivity contribution < 1.29 is 14.7 Å². The normalized spacial score (nSPS) is 14.6. The Bertz CT molecular complexity index is 238. The molecule has 0 aromatic heterocycles. The molecule has 2 N–H and O–H groups in total. The SMILES string of the molecule is CC(C)CNC(=O)C(C)CC(C)CC(=O)O. The van der Waals surface area contributed by atoms with Crippen LogP contribution in [0.5, 0.6) is 0 Å². The molecule has 0 fully saturated rings. The minimum Gasteiger partial charge on any atom is -0.481 e. The molecule has 1 amide bonds. The lowest BCUT2D eigenvalue weighted by atomic mass is 9.94. The lowest BCUT2D eigenvalue weighted by Crippen LogP contribution is -2.32. The number of carbonyl (C=O) groups is 2. The maximum atomic E-state index is 11.6. The van der Waals surface area contributed by atoms with E-state index >= 15 is 0 Å². The molecule has 0 bridgehead atoms. The third-order valence-electron chi connectivity index (χ3n) is 2.41. The predicted octanol–water partition coefficient (Wildman–Crippen LogP) is 1.90. The standard InChI is InChI=1S/C12H23NO3/c1-8(2)7-13-12(16)10(4)5-9(3)6-11(14)15/h8-10H,5-7H2,1-4H3,(H,13,16)(H,14,15). The maximum Gasteiger partial charge on any atom is 0.303 e. The van der Waals surface area contributed by atoms with Gasteiger partial charge in [-0.3, -0.25) is 9.59 Å². The average molecular weight is 229 g/mol. The van der Waals surface area contributed by atoms with Crippen molar-refractivity contribution in [2.45, 2.75) is 40.5 Å². The first-order chi connectivity index (χ1) is 7.32. The first-order valence-corrected chi connectivity index (χ1v) is 5.82. The number of carboxylic acid groups (broad SMARTS) is 1. The molecule has 0 aliphatic carbocycles. The van der Waals surface area contributed by atoms with E-state index in [1.54, 1.807) is 0 Å². The van der Waals surface area contributed by atoms with Gasteiger partial charge < -0.3 is 10.4 Å². The molecule has 2 unspecified atom stereocenters. The first-order valence-electron chi connectivity index (χ1n) is 5.82. The Balaban J connectivity index is 3.90. The zero-order chi connectivity index (χ0) is 12.7. The van der Waals surface area contributed by atoms with E-state index in [0.717, 1.165) is 0 Å². The van der Waals surface area contributed by atoms with Gasteiger partial charge >= 0.3 is 5.97 Å². The van der Waals surface area contributed by atoms with Gasteiger partial charge in [-0.1, -0.05) is 27.7 Å². The van der Waals surface area contributed by atoms with Crippen LogP contribution < -0.4 is 5.32 Å². The van der Waals surface area contributed by atoms with Gasteiger partial charge in [0, 0.05) is 18.9 Å². The highest BCUT2D eigenvalue weighted by molar-refractivity contribution is 5.78. The van der Waals surface area contributed by atoms with Crippen molar-refractivity contribution in [3.05, 3.63) is 0 Å². The minimum atomic E-state index is -0.803. The zero-order valence-corrected chi connectivity index (χ0v) is 10.6. The Morgan fingerprint density at radius 3 is 2.19 bits per heavy atom. The molecule has 0 aliphatic rings. The predicted molar refractivity (Wildman–Crippen MR) is 63.0 cm³/mol. The maximum absolute atomic E-state index is 11.6. The molecule has 0 heterocycles. The van der Waals surface area contributed by atoms with Crippen LogP contribution in [-0.2, 0) is 9.59 Å². The number of carbonyl (C=O) groups excluding carboxylic acids is 1. The molecule has 16 heavy (non-hydrogen) atoms. The van der Waals surface area contributed by atoms with Crippen molar-refractivity contribution in [3.63, 3.8) is 0 Å². The summed E-state index contributed by atoms with van der Waals surface area (Å²) in [5, 5.41) is 11.5. The molecule has 0 aromatic rings. The lowest BCUT2D eigenvalue weighted by molar-refractivity contribution is -0.138. The van der Waals surface area contributed by atoms with Crippen LogP contribution in [0.3, 0.4) is 0 Å². The number of hydrogen-bond donors (Lipinski definition) is 2. The highest BCUT2D eigenvalue weighted by Crippen LogP contribution is 2.15. The Hall–Kier alpha value is -1.06. The zero-order valence-electron chi connectivity index (χ0n) is 10.6. The molecule has 94 valence electrons. The van der Waals surface area contributed by atoms with Crippen LogP contribution in [0.25, 0.3) is 0 Å². The second-order valence-electron chi connectivity index (χ2n) is 4.98. The number of carboxylic acids is 1. The van der Waals surface area contributed by atoms with Gasteiger partial charge in [-0.25, -0.2) is 0 Å². The average Bonchev–Trinajstić information content (AvgIpc) is 2.12. The van der Waals surface area contributed by atoms with Gasteiger partial charge in [-0.05, 0) is 18.3 Å². The molecule has 0 aromatic carbocycles. The third-order valence-corrected chi connectivity index (χ3v) is 2.41. The number of nitrogens with one attached hydrogen (secondary N) is 1. The Kier molecular flexibility index (Phi) is 6.77. The molecule has 0 saturated carbocycles. The van der Waals surface area contributed by atoms with Crippen molar-refractivity contribution in [1.29, 1.82) is 0 Å². The lowest BCUT2D eigenvalue weighted by Gasteiger charge is -2.16. The number of aliphatic carboxylic acids is 1. The molecule has 2 atom stereocenters. The number of rotatable bonds is 7. The van der Waals surface area contributed by atoms with Crippen LogP contribution in [0.1, 0.15) is 40.5 Å². The van der Waals surface area contributed by atoms with Crippen molar-refractivity contribution >= 4 is 11.9 Å². The molecule has 0 radical (unpaired) electrons. The van der Waals surface area contributed by atoms with Crippen LogP contribution >= 0.6 is 0 Å². The van der Waals surface area contributed by atoms with Gasteiger partial charge in [0.2, 0.25) is 5.91 Å². The van der Waals surface area contributed by atoms with E-state index in [1.165, 1.54) is 0 Å². The number of hydrogen-bond acceptors (Lipinski definition) is 2. The smallest absolute Gasteiger partial charge is 0.303 e. The highest BCUT2D eigenvalue weighted by atomic mass is 16.4. The number of amides is 1. The van der Waals surface area contributed by atoms with Gasteiger partial charge in [-0.2, -0.15) is 0 Å². The summed E-state index contributed by atoms with van der Waals surface area (Å²) in [6.07, 6.45) is 0.748. The van der Waals surface area contributed by atoms with E-state index < -0.39 is 5.97 Å².